The quantitative estimate of drug-likeness (QED) is 0.838. The first-order valence-electron chi connectivity index (χ1n) is 8.58. The predicted molar refractivity (Wildman–Crippen MR) is 96.5 cm³/mol. The SMILES string of the molecule is COc1cccc(CN[C@@H](c2ccc3c(c2)OCCO3)C(C)C)c1O. The van der Waals surface area contributed by atoms with Crippen LogP contribution in [0.5, 0.6) is 23.0 Å². The Bertz CT molecular complexity index is 730. The average molecular weight is 343 g/mol. The van der Waals surface area contributed by atoms with E-state index < -0.39 is 0 Å². The number of para-hydroxylation sites is 1. The van der Waals surface area contributed by atoms with Crippen molar-refractivity contribution in [2.45, 2.75) is 26.4 Å². The number of rotatable bonds is 6. The van der Waals surface area contributed by atoms with Crippen molar-refractivity contribution in [2.24, 2.45) is 5.92 Å². The predicted octanol–water partition coefficient (Wildman–Crippen LogP) is 3.66. The number of phenols is 1. The van der Waals surface area contributed by atoms with Crippen molar-refractivity contribution in [1.82, 2.24) is 5.32 Å². The summed E-state index contributed by atoms with van der Waals surface area (Å²) in [5.41, 5.74) is 1.95. The van der Waals surface area contributed by atoms with Crippen LogP contribution in [0.3, 0.4) is 0 Å². The molecule has 0 saturated heterocycles. The molecule has 2 aromatic carbocycles. The van der Waals surface area contributed by atoms with E-state index in [9.17, 15) is 5.11 Å². The third kappa shape index (κ3) is 3.82. The number of methoxy groups -OCH3 is 1. The van der Waals surface area contributed by atoms with Crippen molar-refractivity contribution in [3.05, 3.63) is 47.5 Å². The first-order chi connectivity index (χ1) is 12.1. The molecule has 2 N–H and O–H groups in total. The second kappa shape index (κ2) is 7.66. The lowest BCUT2D eigenvalue weighted by Crippen LogP contribution is -2.26. The molecule has 1 atom stereocenters. The average Bonchev–Trinajstić information content (AvgIpc) is 2.62. The van der Waals surface area contributed by atoms with Crippen LogP contribution in [0.4, 0.5) is 0 Å². The van der Waals surface area contributed by atoms with Gasteiger partial charge >= 0.3 is 0 Å². The van der Waals surface area contributed by atoms with Gasteiger partial charge in [0, 0.05) is 18.2 Å². The molecule has 0 radical (unpaired) electrons. The number of hydrogen-bond donors (Lipinski definition) is 2. The molecule has 0 aliphatic carbocycles. The van der Waals surface area contributed by atoms with Gasteiger partial charge < -0.3 is 24.6 Å². The zero-order chi connectivity index (χ0) is 17.8. The molecule has 0 fully saturated rings. The molecule has 1 aliphatic heterocycles. The highest BCUT2D eigenvalue weighted by Crippen LogP contribution is 2.35. The van der Waals surface area contributed by atoms with E-state index in [4.69, 9.17) is 14.2 Å². The molecule has 0 aromatic heterocycles. The van der Waals surface area contributed by atoms with Crippen molar-refractivity contribution in [2.75, 3.05) is 20.3 Å². The van der Waals surface area contributed by atoms with E-state index in [1.165, 1.54) is 0 Å². The molecule has 0 spiro atoms. The highest BCUT2D eigenvalue weighted by molar-refractivity contribution is 5.46. The van der Waals surface area contributed by atoms with Gasteiger partial charge in [-0.2, -0.15) is 0 Å². The topological polar surface area (TPSA) is 60.0 Å². The van der Waals surface area contributed by atoms with Crippen LogP contribution in [0.2, 0.25) is 0 Å². The summed E-state index contributed by atoms with van der Waals surface area (Å²) in [6.45, 7) is 6.04. The van der Waals surface area contributed by atoms with E-state index in [2.05, 4.69) is 25.2 Å². The van der Waals surface area contributed by atoms with Crippen LogP contribution in [0.15, 0.2) is 36.4 Å². The van der Waals surface area contributed by atoms with E-state index in [0.29, 0.717) is 31.4 Å². The number of hydrogen-bond acceptors (Lipinski definition) is 5. The lowest BCUT2D eigenvalue weighted by Gasteiger charge is -2.26. The molecule has 3 rings (SSSR count). The number of fused-ring (bicyclic) bond motifs is 1. The van der Waals surface area contributed by atoms with E-state index in [1.807, 2.05) is 24.3 Å². The van der Waals surface area contributed by atoms with Crippen LogP contribution in [-0.2, 0) is 6.54 Å². The van der Waals surface area contributed by atoms with Gasteiger partial charge in [-0.25, -0.2) is 0 Å². The Labute approximate surface area is 148 Å². The first kappa shape index (κ1) is 17.4. The van der Waals surface area contributed by atoms with Gasteiger partial charge in [0.05, 0.1) is 7.11 Å². The molecule has 1 aliphatic rings. The second-order valence-electron chi connectivity index (χ2n) is 6.47. The first-order valence-corrected chi connectivity index (χ1v) is 8.58. The zero-order valence-corrected chi connectivity index (χ0v) is 14.9. The molecular weight excluding hydrogens is 318 g/mol. The van der Waals surface area contributed by atoms with Crippen LogP contribution < -0.4 is 19.5 Å². The monoisotopic (exact) mass is 343 g/mol. The highest BCUT2D eigenvalue weighted by Gasteiger charge is 2.20. The van der Waals surface area contributed by atoms with E-state index >= 15 is 0 Å². The lowest BCUT2D eigenvalue weighted by atomic mass is 9.95. The Hall–Kier alpha value is -2.40. The van der Waals surface area contributed by atoms with Crippen LogP contribution in [0.25, 0.3) is 0 Å². The summed E-state index contributed by atoms with van der Waals surface area (Å²) in [5.74, 6) is 2.63. The molecule has 0 amide bonds. The number of phenolic OH excluding ortho intramolecular Hbond substituents is 1. The molecule has 5 nitrogen and oxygen atoms in total. The minimum Gasteiger partial charge on any atom is -0.504 e. The summed E-state index contributed by atoms with van der Waals surface area (Å²) in [6.07, 6.45) is 0. The minimum absolute atomic E-state index is 0.126. The Kier molecular flexibility index (Phi) is 5.34. The second-order valence-corrected chi connectivity index (χ2v) is 6.47. The van der Waals surface area contributed by atoms with Crippen molar-refractivity contribution in [3.8, 4) is 23.0 Å². The van der Waals surface area contributed by atoms with Gasteiger partial charge in [0.1, 0.15) is 13.2 Å². The third-order valence-electron chi connectivity index (χ3n) is 4.41. The van der Waals surface area contributed by atoms with Gasteiger partial charge in [0.25, 0.3) is 0 Å². The molecule has 25 heavy (non-hydrogen) atoms. The smallest absolute Gasteiger partial charge is 0.162 e. The number of nitrogens with one attached hydrogen (secondary N) is 1. The van der Waals surface area contributed by atoms with Crippen molar-refractivity contribution in [1.29, 1.82) is 0 Å². The van der Waals surface area contributed by atoms with Crippen molar-refractivity contribution >= 4 is 0 Å². The van der Waals surface area contributed by atoms with Crippen LogP contribution >= 0.6 is 0 Å². The molecule has 0 saturated carbocycles. The maximum Gasteiger partial charge on any atom is 0.162 e. The summed E-state index contributed by atoms with van der Waals surface area (Å²) in [4.78, 5) is 0. The molecule has 0 unspecified atom stereocenters. The molecule has 2 aromatic rings. The molecule has 1 heterocycles. The summed E-state index contributed by atoms with van der Waals surface area (Å²) < 4.78 is 16.5. The summed E-state index contributed by atoms with van der Waals surface area (Å²) in [7, 11) is 1.55. The van der Waals surface area contributed by atoms with Gasteiger partial charge in [-0.15, -0.1) is 0 Å². The summed E-state index contributed by atoms with van der Waals surface area (Å²) in [5, 5.41) is 13.8. The van der Waals surface area contributed by atoms with Crippen molar-refractivity contribution in [3.63, 3.8) is 0 Å². The number of aromatic hydroxyl groups is 1. The fraction of sp³-hybridized carbons (Fsp3) is 0.400. The van der Waals surface area contributed by atoms with E-state index in [-0.39, 0.29) is 11.8 Å². The standard InChI is InChI=1S/C20H25NO4/c1-13(2)19(14-7-8-16-18(11-14)25-10-9-24-16)21-12-15-5-4-6-17(23-3)20(15)22/h4-8,11,13,19,21-22H,9-10,12H2,1-3H3/t19-/m1/s1. The van der Waals surface area contributed by atoms with Crippen molar-refractivity contribution < 1.29 is 19.3 Å². The minimum atomic E-state index is 0.126. The maximum atomic E-state index is 10.3. The lowest BCUT2D eigenvalue weighted by molar-refractivity contribution is 0.171. The molecular formula is C20H25NO4. The van der Waals surface area contributed by atoms with Gasteiger partial charge in [-0.3, -0.25) is 0 Å². The maximum absolute atomic E-state index is 10.3. The summed E-state index contributed by atoms with van der Waals surface area (Å²) >= 11 is 0. The molecule has 0 bridgehead atoms. The molecule has 5 heteroatoms. The Morgan fingerprint density at radius 1 is 1.12 bits per heavy atom. The normalized spacial score (nSPS) is 14.4. The van der Waals surface area contributed by atoms with Gasteiger partial charge in [0.2, 0.25) is 0 Å². The van der Waals surface area contributed by atoms with Crippen LogP contribution in [0, 0.1) is 5.92 Å². The van der Waals surface area contributed by atoms with Crippen LogP contribution in [-0.4, -0.2) is 25.4 Å². The molecule has 134 valence electrons. The number of benzene rings is 2. The van der Waals surface area contributed by atoms with Gasteiger partial charge in [-0.1, -0.05) is 32.0 Å². The van der Waals surface area contributed by atoms with Gasteiger partial charge in [-0.05, 0) is 29.7 Å². The van der Waals surface area contributed by atoms with Gasteiger partial charge in [0.15, 0.2) is 23.0 Å². The zero-order valence-electron chi connectivity index (χ0n) is 14.9. The fourth-order valence-corrected chi connectivity index (χ4v) is 3.09. The third-order valence-corrected chi connectivity index (χ3v) is 4.41. The Balaban J connectivity index is 1.78. The van der Waals surface area contributed by atoms with Crippen LogP contribution in [0.1, 0.15) is 31.0 Å². The Morgan fingerprint density at radius 3 is 2.60 bits per heavy atom. The highest BCUT2D eigenvalue weighted by atomic mass is 16.6. The largest absolute Gasteiger partial charge is 0.504 e. The summed E-state index contributed by atoms with van der Waals surface area (Å²) in [6, 6.07) is 11.7. The fourth-order valence-electron chi connectivity index (χ4n) is 3.09. The van der Waals surface area contributed by atoms with E-state index in [0.717, 1.165) is 22.6 Å². The van der Waals surface area contributed by atoms with E-state index in [1.54, 1.807) is 13.2 Å². The Morgan fingerprint density at radius 2 is 1.88 bits per heavy atom. The number of ether oxygens (including phenoxy) is 3.